The highest BCUT2D eigenvalue weighted by atomic mass is 32.1. The van der Waals surface area contributed by atoms with Crippen molar-refractivity contribution in [3.8, 4) is 11.3 Å². The Balaban J connectivity index is 1.74. The minimum atomic E-state index is -4.51. The number of nitrogens with zero attached hydrogens (tertiary/aromatic N) is 4. The summed E-state index contributed by atoms with van der Waals surface area (Å²) in [5.74, 6) is -1.49. The lowest BCUT2D eigenvalue weighted by Crippen LogP contribution is -2.47. The molecule has 1 saturated carbocycles. The maximum Gasteiger partial charge on any atom is 0.408 e. The second-order valence-corrected chi connectivity index (χ2v) is 7.43. The number of hydrogen-bond donors (Lipinski definition) is 1. The fourth-order valence-electron chi connectivity index (χ4n) is 3.09. The molecular formula is C18H14F3N5OS. The molecule has 1 unspecified atom stereocenters. The van der Waals surface area contributed by atoms with Crippen molar-refractivity contribution in [2.75, 3.05) is 0 Å². The summed E-state index contributed by atoms with van der Waals surface area (Å²) in [6, 6.07) is -0.137. The van der Waals surface area contributed by atoms with Crippen LogP contribution in [0.25, 0.3) is 21.7 Å². The Morgan fingerprint density at radius 3 is 2.82 bits per heavy atom. The van der Waals surface area contributed by atoms with Crippen LogP contribution in [0.15, 0.2) is 23.2 Å². The van der Waals surface area contributed by atoms with Gasteiger partial charge in [-0.25, -0.2) is 14.8 Å². The van der Waals surface area contributed by atoms with Gasteiger partial charge in [-0.05, 0) is 42.5 Å². The Bertz CT molecular complexity index is 1110. The van der Waals surface area contributed by atoms with Crippen LogP contribution in [0.5, 0.6) is 0 Å². The molecule has 1 atom stereocenters. The third-order valence-electron chi connectivity index (χ3n) is 4.68. The molecule has 3 aromatic rings. The van der Waals surface area contributed by atoms with E-state index in [0.717, 1.165) is 0 Å². The molecule has 0 saturated heterocycles. The van der Waals surface area contributed by atoms with Crippen molar-refractivity contribution < 1.29 is 18.0 Å². The van der Waals surface area contributed by atoms with Crippen molar-refractivity contribution in [2.24, 2.45) is 5.92 Å². The van der Waals surface area contributed by atoms with Crippen LogP contribution in [0.2, 0.25) is 0 Å². The van der Waals surface area contributed by atoms with Gasteiger partial charge in [-0.15, -0.1) is 0 Å². The molecule has 0 bridgehead atoms. The molecule has 6 nitrogen and oxygen atoms in total. The molecule has 144 valence electrons. The smallest absolute Gasteiger partial charge is 0.339 e. The van der Waals surface area contributed by atoms with Crippen LogP contribution in [0.1, 0.15) is 29.0 Å². The van der Waals surface area contributed by atoms with Gasteiger partial charge in [-0.1, -0.05) is 0 Å². The maximum absolute atomic E-state index is 13.2. The molecular weight excluding hydrogens is 391 g/mol. The molecule has 4 rings (SSSR count). The van der Waals surface area contributed by atoms with Crippen LogP contribution in [-0.4, -0.2) is 32.5 Å². The monoisotopic (exact) mass is 405 g/mol. The number of nitrogens with one attached hydrogen (secondary N) is 1. The molecule has 1 N–H and O–H groups in total. The first-order valence-corrected chi connectivity index (χ1v) is 9.40. The minimum absolute atomic E-state index is 0.159. The third kappa shape index (κ3) is 3.22. The van der Waals surface area contributed by atoms with E-state index in [1.807, 2.05) is 0 Å². The normalized spacial score (nSPS) is 15.4. The van der Waals surface area contributed by atoms with Crippen LogP contribution >= 0.6 is 11.3 Å². The topological polar surface area (TPSA) is 63.7 Å². The number of fused-ring (bicyclic) bond motifs is 1. The van der Waals surface area contributed by atoms with E-state index in [1.54, 1.807) is 28.2 Å². The van der Waals surface area contributed by atoms with E-state index < -0.39 is 24.0 Å². The molecule has 1 amide bonds. The zero-order valence-electron chi connectivity index (χ0n) is 14.6. The first kappa shape index (κ1) is 18.4. The summed E-state index contributed by atoms with van der Waals surface area (Å²) in [5, 5.41) is 5.55. The predicted molar refractivity (Wildman–Crippen MR) is 97.3 cm³/mol. The molecule has 0 aromatic carbocycles. The van der Waals surface area contributed by atoms with Crippen molar-refractivity contribution in [1.82, 2.24) is 19.7 Å². The number of rotatable bonds is 4. The van der Waals surface area contributed by atoms with Crippen molar-refractivity contribution in [1.29, 1.82) is 0 Å². The summed E-state index contributed by atoms with van der Waals surface area (Å²) in [6.45, 7) is 9.02. The van der Waals surface area contributed by atoms with Crippen LogP contribution < -0.4 is 5.32 Å². The third-order valence-corrected chi connectivity index (χ3v) is 5.41. The molecule has 0 spiro atoms. The quantitative estimate of drug-likeness (QED) is 0.655. The lowest BCUT2D eigenvalue weighted by atomic mass is 10.1. The van der Waals surface area contributed by atoms with Gasteiger partial charge >= 0.3 is 6.18 Å². The maximum atomic E-state index is 13.2. The average Bonchev–Trinajstić information content (AvgIpc) is 3.18. The Morgan fingerprint density at radius 1 is 1.43 bits per heavy atom. The van der Waals surface area contributed by atoms with Gasteiger partial charge in [0.15, 0.2) is 11.3 Å². The van der Waals surface area contributed by atoms with Gasteiger partial charge in [0.2, 0.25) is 5.69 Å². The standard InChI is InChI=1S/C18H14F3N5OS/c1-9-5-12(11-6-28-7-13(11)22-2)24-16-14(23-8-26(9)16)17(27)25-15(10-3-4-10)18(19,20)21/h5-8,10,15H,3-4H2,1H3,(H,25,27). The second-order valence-electron chi connectivity index (χ2n) is 6.68. The first-order chi connectivity index (χ1) is 13.3. The van der Waals surface area contributed by atoms with E-state index in [4.69, 9.17) is 6.57 Å². The Hall–Kier alpha value is -2.93. The van der Waals surface area contributed by atoms with Crippen molar-refractivity contribution in [2.45, 2.75) is 32.0 Å². The highest BCUT2D eigenvalue weighted by Gasteiger charge is 2.50. The van der Waals surface area contributed by atoms with Gasteiger partial charge < -0.3 is 5.32 Å². The number of amides is 1. The number of aromatic nitrogens is 3. The van der Waals surface area contributed by atoms with E-state index in [-0.39, 0.29) is 11.3 Å². The number of thiophene rings is 1. The van der Waals surface area contributed by atoms with Gasteiger partial charge in [-0.3, -0.25) is 9.20 Å². The summed E-state index contributed by atoms with van der Waals surface area (Å²) in [7, 11) is 0. The summed E-state index contributed by atoms with van der Waals surface area (Å²) in [6.07, 6.45) is -2.28. The molecule has 1 aliphatic carbocycles. The molecule has 28 heavy (non-hydrogen) atoms. The molecule has 1 fully saturated rings. The number of carbonyl (C=O) groups is 1. The SMILES string of the molecule is [C-]#[N+]c1cscc1-c1cc(C)n2cnc(C(=O)NC(C3CC3)C(F)(F)F)c2n1. The minimum Gasteiger partial charge on any atom is -0.339 e. The summed E-state index contributed by atoms with van der Waals surface area (Å²) in [4.78, 5) is 24.4. The van der Waals surface area contributed by atoms with Gasteiger partial charge in [0.05, 0.1) is 12.3 Å². The highest BCUT2D eigenvalue weighted by molar-refractivity contribution is 7.08. The Morgan fingerprint density at radius 2 is 2.18 bits per heavy atom. The highest BCUT2D eigenvalue weighted by Crippen LogP contribution is 2.40. The van der Waals surface area contributed by atoms with Crippen molar-refractivity contribution in [3.05, 3.63) is 46.0 Å². The number of halogens is 3. The summed E-state index contributed by atoms with van der Waals surface area (Å²) < 4.78 is 41.3. The number of aryl methyl sites for hydroxylation is 1. The number of alkyl halides is 3. The van der Waals surface area contributed by atoms with E-state index in [9.17, 15) is 18.0 Å². The largest absolute Gasteiger partial charge is 0.408 e. The van der Waals surface area contributed by atoms with Crippen LogP contribution in [0.3, 0.4) is 0 Å². The van der Waals surface area contributed by atoms with Crippen LogP contribution in [0, 0.1) is 19.4 Å². The number of imidazole rings is 1. The fraction of sp³-hybridized carbons (Fsp3) is 0.333. The van der Waals surface area contributed by atoms with Gasteiger partial charge in [0.1, 0.15) is 12.4 Å². The lowest BCUT2D eigenvalue weighted by Gasteiger charge is -2.20. The fourth-order valence-corrected chi connectivity index (χ4v) is 3.85. The molecule has 0 radical (unpaired) electrons. The molecule has 0 aliphatic heterocycles. The number of carbonyl (C=O) groups excluding carboxylic acids is 1. The van der Waals surface area contributed by atoms with E-state index in [0.29, 0.717) is 35.5 Å². The molecule has 10 heteroatoms. The number of hydrogen-bond acceptors (Lipinski definition) is 4. The average molecular weight is 405 g/mol. The van der Waals surface area contributed by atoms with Crippen molar-refractivity contribution in [3.63, 3.8) is 0 Å². The van der Waals surface area contributed by atoms with Gasteiger partial charge in [-0.2, -0.15) is 24.5 Å². The molecule has 3 aromatic heterocycles. The molecule has 1 aliphatic rings. The van der Waals surface area contributed by atoms with E-state index >= 15 is 0 Å². The molecule has 3 heterocycles. The van der Waals surface area contributed by atoms with Crippen LogP contribution in [-0.2, 0) is 0 Å². The van der Waals surface area contributed by atoms with Crippen molar-refractivity contribution >= 4 is 28.6 Å². The van der Waals surface area contributed by atoms with Gasteiger partial charge in [0, 0.05) is 11.3 Å². The Labute approximate surface area is 161 Å². The van der Waals surface area contributed by atoms with Crippen LogP contribution in [0.4, 0.5) is 18.9 Å². The Kier molecular flexibility index (Phi) is 4.34. The summed E-state index contributed by atoms with van der Waals surface area (Å²) in [5.41, 5.74) is 2.21. The lowest BCUT2D eigenvalue weighted by molar-refractivity contribution is -0.158. The predicted octanol–water partition coefficient (Wildman–Crippen LogP) is 4.39. The van der Waals surface area contributed by atoms with Gasteiger partial charge in [0.25, 0.3) is 5.91 Å². The second kappa shape index (κ2) is 6.60. The van der Waals surface area contributed by atoms with E-state index in [2.05, 4.69) is 20.1 Å². The van der Waals surface area contributed by atoms with E-state index in [1.165, 1.54) is 17.7 Å². The summed E-state index contributed by atoms with van der Waals surface area (Å²) >= 11 is 1.35. The first-order valence-electron chi connectivity index (χ1n) is 8.46. The zero-order chi connectivity index (χ0) is 20.1. The zero-order valence-corrected chi connectivity index (χ0v) is 15.4.